The monoisotopic (exact) mass is 281 g/mol. The predicted octanol–water partition coefficient (Wildman–Crippen LogP) is -9.18. The zero-order valence-corrected chi connectivity index (χ0v) is 17.3. The first kappa shape index (κ1) is 36.2. The summed E-state index contributed by atoms with van der Waals surface area (Å²) in [4.78, 5) is 27.5. The van der Waals surface area contributed by atoms with Crippen molar-refractivity contribution in [3.8, 4) is 0 Å². The van der Waals surface area contributed by atoms with E-state index < -0.39 is 17.9 Å². The number of hydrogen-bond acceptors (Lipinski definition) is 4. The van der Waals surface area contributed by atoms with Crippen LogP contribution < -0.4 is 94.0 Å². The van der Waals surface area contributed by atoms with Gasteiger partial charge >= 0.3 is 94.6 Å². The predicted molar refractivity (Wildman–Crippen MR) is 51.5 cm³/mol. The Bertz CT molecular complexity index is 183. The summed E-state index contributed by atoms with van der Waals surface area (Å²) in [6.07, 6.45) is 0. The molecule has 0 saturated heterocycles. The molecule has 0 heterocycles. The van der Waals surface area contributed by atoms with E-state index in [0.29, 0.717) is 0 Å². The summed E-state index contributed by atoms with van der Waals surface area (Å²) in [5.41, 5.74) is 0. The Kier molecular flexibility index (Phi) is 64.8. The van der Waals surface area contributed by atoms with E-state index in [1.165, 1.54) is 0 Å². The number of carboxylic acid groups (broad SMARTS) is 3. The molecule has 0 aliphatic heterocycles. The number of hydrogen-bond donors (Lipinski definition) is 4. The third-order valence-electron chi connectivity index (χ3n) is 0.328. The number of likely N-dealkylation sites (N-methyl/N-ethyl adjacent to an activating group) is 1. The molecule has 0 spiro atoms. The van der Waals surface area contributed by atoms with Crippen molar-refractivity contribution < 1.29 is 123 Å². The quantitative estimate of drug-likeness (QED) is 0.370. The van der Waals surface area contributed by atoms with Gasteiger partial charge in [-0.05, 0) is 7.05 Å². The van der Waals surface area contributed by atoms with Gasteiger partial charge in [-0.1, -0.05) is 0 Å². The molecule has 0 radical (unpaired) electrons. The Morgan fingerprint density at radius 3 is 1.12 bits per heavy atom. The van der Waals surface area contributed by atoms with Crippen molar-refractivity contribution in [1.82, 2.24) is 5.32 Å². The van der Waals surface area contributed by atoms with E-state index in [2.05, 4.69) is 5.32 Å². The SMILES string of the molecule is CC(=O)O.CC(=O)O.CNCC(=O)O.[H-].[H-].[H-].[Na+].[Na+].[Na+]. The van der Waals surface area contributed by atoms with E-state index in [-0.39, 0.29) is 99.5 Å². The molecule has 0 aliphatic carbocycles. The number of carbonyl (C=O) groups is 3. The smallest absolute Gasteiger partial charge is 1.00 e. The largest absolute Gasteiger partial charge is 1.00 e. The Morgan fingerprint density at radius 2 is 1.12 bits per heavy atom. The van der Waals surface area contributed by atoms with E-state index in [1.54, 1.807) is 7.05 Å². The minimum atomic E-state index is -0.833. The first-order valence-corrected chi connectivity index (χ1v) is 3.49. The summed E-state index contributed by atoms with van der Waals surface area (Å²) in [7, 11) is 1.59. The zero-order chi connectivity index (χ0) is 12.1. The van der Waals surface area contributed by atoms with Crippen LogP contribution in [0.25, 0.3) is 0 Å². The molecule has 0 saturated carbocycles. The summed E-state index contributed by atoms with van der Waals surface area (Å²) < 4.78 is 0. The molecular weight excluding hydrogens is 263 g/mol. The number of carboxylic acids is 3. The van der Waals surface area contributed by atoms with E-state index in [1.807, 2.05) is 0 Å². The number of nitrogens with one attached hydrogen (secondary N) is 1. The zero-order valence-electron chi connectivity index (χ0n) is 14.3. The van der Waals surface area contributed by atoms with Gasteiger partial charge in [0.05, 0.1) is 6.54 Å². The van der Waals surface area contributed by atoms with Crippen LogP contribution in [-0.4, -0.2) is 46.8 Å². The molecule has 90 valence electrons. The molecule has 0 unspecified atom stereocenters. The second-order valence-corrected chi connectivity index (χ2v) is 1.96. The van der Waals surface area contributed by atoms with Crippen LogP contribution >= 0.6 is 0 Å². The molecule has 0 bridgehead atoms. The van der Waals surface area contributed by atoms with Gasteiger partial charge in [-0.3, -0.25) is 14.4 Å². The minimum Gasteiger partial charge on any atom is -1.00 e. The van der Waals surface area contributed by atoms with Gasteiger partial charge in [-0.25, -0.2) is 0 Å². The average Bonchev–Trinajstić information content (AvgIpc) is 1.82. The van der Waals surface area contributed by atoms with Crippen molar-refractivity contribution in [3.05, 3.63) is 0 Å². The summed E-state index contributed by atoms with van der Waals surface area (Å²) in [5, 5.41) is 25.2. The summed E-state index contributed by atoms with van der Waals surface area (Å²) >= 11 is 0. The Morgan fingerprint density at radius 1 is 0.941 bits per heavy atom. The first-order chi connectivity index (χ1) is 6.23. The maximum atomic E-state index is 9.54. The van der Waals surface area contributed by atoms with Crippen molar-refractivity contribution in [2.75, 3.05) is 13.6 Å². The summed E-state index contributed by atoms with van der Waals surface area (Å²) in [5.74, 6) is -2.49. The van der Waals surface area contributed by atoms with Gasteiger partial charge < -0.3 is 24.9 Å². The van der Waals surface area contributed by atoms with Gasteiger partial charge in [0.15, 0.2) is 0 Å². The standard InChI is InChI=1S/C3H7NO2.2C2H4O2.3Na.3H/c1-4-2-3(5)6;2*1-2(3)4;;;;;;/h4H,2H2,1H3,(H,5,6);2*1H3,(H,3,4);;;;;;/q;;;3*+1;3*-1. The molecule has 0 aromatic rings. The van der Waals surface area contributed by atoms with Crippen molar-refractivity contribution >= 4 is 17.9 Å². The molecular formula is C7H18NNa3O6. The summed E-state index contributed by atoms with van der Waals surface area (Å²) in [6, 6.07) is 0. The van der Waals surface area contributed by atoms with Crippen LogP contribution in [0.15, 0.2) is 0 Å². The van der Waals surface area contributed by atoms with Crippen LogP contribution in [0.4, 0.5) is 0 Å². The summed E-state index contributed by atoms with van der Waals surface area (Å²) in [6.45, 7) is 2.21. The van der Waals surface area contributed by atoms with Gasteiger partial charge in [0, 0.05) is 13.8 Å². The second kappa shape index (κ2) is 30.4. The van der Waals surface area contributed by atoms with Crippen molar-refractivity contribution in [2.45, 2.75) is 13.8 Å². The molecule has 7 nitrogen and oxygen atoms in total. The molecule has 0 aromatic heterocycles. The molecule has 0 rings (SSSR count). The fourth-order valence-corrected chi connectivity index (χ4v) is 0.151. The molecule has 0 aromatic carbocycles. The average molecular weight is 281 g/mol. The normalized spacial score (nSPS) is 5.82. The first-order valence-electron chi connectivity index (χ1n) is 3.49. The Balaban J connectivity index is -0.0000000115. The molecule has 10 heteroatoms. The Hall–Kier alpha value is 1.37. The van der Waals surface area contributed by atoms with E-state index in [0.717, 1.165) is 13.8 Å². The third kappa shape index (κ3) is 215. The van der Waals surface area contributed by atoms with Crippen LogP contribution in [0.3, 0.4) is 0 Å². The fourth-order valence-electron chi connectivity index (χ4n) is 0.151. The molecule has 0 fully saturated rings. The number of rotatable bonds is 2. The maximum absolute atomic E-state index is 9.54. The van der Waals surface area contributed by atoms with E-state index in [9.17, 15) is 4.79 Å². The van der Waals surface area contributed by atoms with Crippen LogP contribution in [0.2, 0.25) is 0 Å². The topological polar surface area (TPSA) is 124 Å². The minimum absolute atomic E-state index is 0. The molecule has 4 N–H and O–H groups in total. The Labute approximate surface area is 171 Å². The fraction of sp³-hybridized carbons (Fsp3) is 0.571. The van der Waals surface area contributed by atoms with Crippen molar-refractivity contribution in [1.29, 1.82) is 0 Å². The van der Waals surface area contributed by atoms with Crippen LogP contribution in [0.5, 0.6) is 0 Å². The van der Waals surface area contributed by atoms with Crippen molar-refractivity contribution in [2.24, 2.45) is 0 Å². The molecule has 0 aliphatic rings. The molecule has 0 amide bonds. The molecule has 0 atom stereocenters. The van der Waals surface area contributed by atoms with Gasteiger partial charge in [-0.2, -0.15) is 0 Å². The number of aliphatic carboxylic acids is 3. The van der Waals surface area contributed by atoms with Gasteiger partial charge in [0.1, 0.15) is 0 Å². The van der Waals surface area contributed by atoms with Crippen molar-refractivity contribution in [3.63, 3.8) is 0 Å². The van der Waals surface area contributed by atoms with Gasteiger partial charge in [0.25, 0.3) is 11.9 Å². The van der Waals surface area contributed by atoms with E-state index >= 15 is 0 Å². The second-order valence-electron chi connectivity index (χ2n) is 1.96. The van der Waals surface area contributed by atoms with Crippen LogP contribution in [0, 0.1) is 0 Å². The third-order valence-corrected chi connectivity index (χ3v) is 0.328. The van der Waals surface area contributed by atoms with E-state index in [4.69, 9.17) is 24.9 Å². The molecule has 17 heavy (non-hydrogen) atoms. The van der Waals surface area contributed by atoms with Gasteiger partial charge in [0.2, 0.25) is 0 Å². The van der Waals surface area contributed by atoms with Gasteiger partial charge in [-0.15, -0.1) is 0 Å². The maximum Gasteiger partial charge on any atom is 1.00 e. The van der Waals surface area contributed by atoms with Crippen LogP contribution in [0.1, 0.15) is 18.1 Å². The van der Waals surface area contributed by atoms with Crippen LogP contribution in [-0.2, 0) is 14.4 Å².